The quantitative estimate of drug-likeness (QED) is 0.318. The van der Waals surface area contributed by atoms with Crippen molar-refractivity contribution in [2.24, 2.45) is 0 Å². The zero-order valence-corrected chi connectivity index (χ0v) is 18.7. The molecule has 0 spiro atoms. The van der Waals surface area contributed by atoms with Crippen LogP contribution in [0.1, 0.15) is 24.8 Å². The van der Waals surface area contributed by atoms with Gasteiger partial charge in [-0.25, -0.2) is 0 Å². The van der Waals surface area contributed by atoms with Crippen molar-refractivity contribution in [2.75, 3.05) is 24.5 Å². The number of nitriles is 1. The Morgan fingerprint density at radius 3 is 2.47 bits per heavy atom. The number of carbonyl (C=O) groups excluding carboxylic acids is 1. The Labute approximate surface area is 197 Å². The molecule has 34 heavy (non-hydrogen) atoms. The Hall–Kier alpha value is -3.00. The van der Waals surface area contributed by atoms with Crippen LogP contribution >= 0.6 is 0 Å². The first-order valence-electron chi connectivity index (χ1n) is 11.4. The van der Waals surface area contributed by atoms with Crippen LogP contribution < -0.4 is 10.2 Å². The number of ether oxygens (including phenoxy) is 1. The zero-order valence-electron chi connectivity index (χ0n) is 18.7. The van der Waals surface area contributed by atoms with E-state index in [9.17, 15) is 30.5 Å². The number of fused-ring (bicyclic) bond motifs is 1. The lowest BCUT2D eigenvalue weighted by atomic mass is 9.99. The Kier molecular flexibility index (Phi) is 7.46. The largest absolute Gasteiger partial charge is 0.388 e. The van der Waals surface area contributed by atoms with Gasteiger partial charge in [0.05, 0.1) is 0 Å². The molecule has 0 saturated carbocycles. The van der Waals surface area contributed by atoms with Gasteiger partial charge in [0.15, 0.2) is 6.29 Å². The number of anilines is 1. The molecule has 2 aliphatic heterocycles. The van der Waals surface area contributed by atoms with Crippen LogP contribution in [0.4, 0.5) is 5.69 Å². The van der Waals surface area contributed by atoms with Gasteiger partial charge in [-0.1, -0.05) is 18.2 Å². The molecule has 2 aromatic rings. The molecule has 1 amide bonds. The van der Waals surface area contributed by atoms with Crippen molar-refractivity contribution in [1.29, 1.82) is 5.26 Å². The summed E-state index contributed by atoms with van der Waals surface area (Å²) in [6.45, 7) is 1.86. The van der Waals surface area contributed by atoms with Crippen LogP contribution in [0.3, 0.4) is 0 Å². The highest BCUT2D eigenvalue weighted by Gasteiger charge is 2.42. The van der Waals surface area contributed by atoms with Crippen molar-refractivity contribution in [3.63, 3.8) is 0 Å². The fourth-order valence-electron chi connectivity index (χ4n) is 4.39. The van der Waals surface area contributed by atoms with Gasteiger partial charge in [0.1, 0.15) is 36.1 Å². The van der Waals surface area contributed by atoms with Crippen molar-refractivity contribution in [3.05, 3.63) is 47.5 Å². The number of carbonyl (C=O) groups is 1. The summed E-state index contributed by atoms with van der Waals surface area (Å²) in [6.07, 6.45) is -2.47. The van der Waals surface area contributed by atoms with E-state index in [-0.39, 0.29) is 12.1 Å². The molecule has 0 bridgehead atoms. The van der Waals surface area contributed by atoms with Crippen LogP contribution in [0, 0.1) is 11.3 Å². The van der Waals surface area contributed by atoms with Crippen LogP contribution in [-0.2, 0) is 9.53 Å². The number of benzene rings is 2. The average molecular weight is 468 g/mol. The highest BCUT2D eigenvalue weighted by Crippen LogP contribution is 2.26. The van der Waals surface area contributed by atoms with Gasteiger partial charge in [-0.2, -0.15) is 5.26 Å². The molecule has 4 rings (SSSR count). The van der Waals surface area contributed by atoms with Crippen LogP contribution in [0.2, 0.25) is 0 Å². The number of aliphatic hydroxyl groups excluding tert-OH is 4. The van der Waals surface area contributed by atoms with Crippen LogP contribution in [0.25, 0.3) is 16.8 Å². The van der Waals surface area contributed by atoms with Gasteiger partial charge in [0, 0.05) is 25.3 Å². The Morgan fingerprint density at radius 1 is 1.03 bits per heavy atom. The van der Waals surface area contributed by atoms with E-state index in [1.165, 1.54) is 31.0 Å². The lowest BCUT2D eigenvalue weighted by Crippen LogP contribution is -2.60. The molecule has 180 valence electrons. The third kappa shape index (κ3) is 5.22. The van der Waals surface area contributed by atoms with E-state index in [1.807, 2.05) is 30.3 Å². The minimum atomic E-state index is -1.70. The van der Waals surface area contributed by atoms with E-state index in [0.29, 0.717) is 5.56 Å². The molecule has 9 nitrogen and oxygen atoms in total. The smallest absolute Gasteiger partial charge is 0.262 e. The monoisotopic (exact) mass is 467 g/mol. The van der Waals surface area contributed by atoms with Gasteiger partial charge in [0.25, 0.3) is 5.91 Å². The molecular formula is C25H29N3O6. The summed E-state index contributed by atoms with van der Waals surface area (Å²) in [4.78, 5) is 14.9. The first-order valence-corrected chi connectivity index (χ1v) is 11.4. The molecular weight excluding hydrogens is 438 g/mol. The lowest BCUT2D eigenvalue weighted by Gasteiger charge is -2.38. The number of nitrogens with zero attached hydrogens (tertiary/aromatic N) is 2. The van der Waals surface area contributed by atoms with Gasteiger partial charge in [-0.15, -0.1) is 0 Å². The van der Waals surface area contributed by atoms with E-state index in [2.05, 4.69) is 22.3 Å². The van der Waals surface area contributed by atoms with Crippen molar-refractivity contribution >= 4 is 28.4 Å². The molecule has 0 radical (unpaired) electrons. The number of rotatable bonds is 5. The minimum Gasteiger partial charge on any atom is -0.388 e. The number of nitrogens with one attached hydrogen (secondary N) is 1. The molecule has 2 saturated heterocycles. The Morgan fingerprint density at radius 2 is 1.74 bits per heavy atom. The highest BCUT2D eigenvalue weighted by molar-refractivity contribution is 6.02. The molecule has 5 atom stereocenters. The summed E-state index contributed by atoms with van der Waals surface area (Å²) in [7, 11) is 0. The van der Waals surface area contributed by atoms with Gasteiger partial charge < -0.3 is 35.4 Å². The molecule has 5 unspecified atom stereocenters. The topological polar surface area (TPSA) is 146 Å². The van der Waals surface area contributed by atoms with Gasteiger partial charge in [-0.05, 0) is 59.9 Å². The molecule has 2 aliphatic rings. The fourth-order valence-corrected chi connectivity index (χ4v) is 4.39. The maximum atomic E-state index is 12.5. The van der Waals surface area contributed by atoms with Gasteiger partial charge in [0.2, 0.25) is 0 Å². The maximum absolute atomic E-state index is 12.5. The van der Waals surface area contributed by atoms with Crippen molar-refractivity contribution in [1.82, 2.24) is 5.32 Å². The van der Waals surface area contributed by atoms with E-state index >= 15 is 0 Å². The average Bonchev–Trinajstić information content (AvgIpc) is 2.87. The van der Waals surface area contributed by atoms with Crippen LogP contribution in [-0.4, -0.2) is 76.7 Å². The number of aliphatic hydroxyl groups is 4. The molecule has 0 aliphatic carbocycles. The summed E-state index contributed by atoms with van der Waals surface area (Å²) in [6, 6.07) is 13.9. The molecule has 5 N–H and O–H groups in total. The van der Waals surface area contributed by atoms with Crippen LogP contribution in [0.5, 0.6) is 0 Å². The van der Waals surface area contributed by atoms with E-state index in [4.69, 9.17) is 4.74 Å². The van der Waals surface area contributed by atoms with E-state index in [0.717, 1.165) is 23.9 Å². The maximum Gasteiger partial charge on any atom is 0.262 e. The normalized spacial score (nSPS) is 27.9. The summed E-state index contributed by atoms with van der Waals surface area (Å²) in [5.41, 5.74) is 1.74. The van der Waals surface area contributed by atoms with Crippen LogP contribution in [0.15, 0.2) is 42.0 Å². The van der Waals surface area contributed by atoms with Crippen molar-refractivity contribution in [3.8, 4) is 6.07 Å². The minimum absolute atomic E-state index is 0.143. The summed E-state index contributed by atoms with van der Waals surface area (Å²) < 4.78 is 5.04. The summed E-state index contributed by atoms with van der Waals surface area (Å²) in [5.74, 6) is -0.686. The molecule has 2 aromatic carbocycles. The number of hydrogen-bond donors (Lipinski definition) is 5. The van der Waals surface area contributed by atoms with Crippen molar-refractivity contribution in [2.45, 2.75) is 50.0 Å². The second kappa shape index (κ2) is 10.5. The van der Waals surface area contributed by atoms with Crippen molar-refractivity contribution < 1.29 is 30.0 Å². The SMILES string of the molecule is N#CC(=Cc1ccc2cc(N3CCCCC3)ccc2c1)C(=O)NCC1OC(O)C(O)C(O)C1O. The van der Waals surface area contributed by atoms with E-state index < -0.39 is 36.6 Å². The first kappa shape index (κ1) is 24.1. The second-order valence-electron chi connectivity index (χ2n) is 8.76. The Bertz CT molecular complexity index is 1110. The predicted octanol–water partition coefficient (Wildman–Crippen LogP) is 0.653. The standard InChI is InChI=1S/C25H29N3O6/c26-13-18(24(32)27-14-20-21(29)22(30)23(31)25(33)34-20)11-15-4-5-17-12-19(7-6-16(17)10-15)28-8-2-1-3-9-28/h4-7,10-12,20-23,25,29-31,33H,1-3,8-9,14H2,(H,27,32). The first-order chi connectivity index (χ1) is 16.4. The Balaban J connectivity index is 1.44. The third-order valence-electron chi connectivity index (χ3n) is 6.40. The number of piperidine rings is 1. The van der Waals surface area contributed by atoms with Gasteiger partial charge in [-0.3, -0.25) is 4.79 Å². The summed E-state index contributed by atoms with van der Waals surface area (Å²) >= 11 is 0. The van der Waals surface area contributed by atoms with E-state index in [1.54, 1.807) is 0 Å². The number of hydrogen-bond acceptors (Lipinski definition) is 8. The summed E-state index contributed by atoms with van der Waals surface area (Å²) in [5, 5.41) is 52.9. The highest BCUT2D eigenvalue weighted by atomic mass is 16.6. The molecule has 9 heteroatoms. The second-order valence-corrected chi connectivity index (χ2v) is 8.76. The number of amides is 1. The zero-order chi connectivity index (χ0) is 24.2. The lowest BCUT2D eigenvalue weighted by molar-refractivity contribution is -0.280. The molecule has 2 fully saturated rings. The third-order valence-corrected chi connectivity index (χ3v) is 6.40. The fraction of sp³-hybridized carbons (Fsp3) is 0.440. The molecule has 0 aromatic heterocycles. The van der Waals surface area contributed by atoms with Gasteiger partial charge >= 0.3 is 0 Å². The molecule has 2 heterocycles. The predicted molar refractivity (Wildman–Crippen MR) is 126 cm³/mol.